The van der Waals surface area contributed by atoms with E-state index in [1.54, 1.807) is 0 Å². The highest BCUT2D eigenvalue weighted by Crippen LogP contribution is 2.18. The lowest BCUT2D eigenvalue weighted by atomic mass is 10.0. The molecule has 0 aromatic carbocycles. The minimum absolute atomic E-state index is 0.0709. The summed E-state index contributed by atoms with van der Waals surface area (Å²) in [4.78, 5) is 38.3. The third-order valence-electron chi connectivity index (χ3n) is 15.5. The number of carbonyl (C=O) groups is 3. The number of rotatable bonds is 64. The average molecular weight is 1090 g/mol. The lowest BCUT2D eigenvalue weighted by molar-refractivity contribution is -0.167. The highest BCUT2D eigenvalue weighted by Gasteiger charge is 2.19. The maximum Gasteiger partial charge on any atom is 0.306 e. The van der Waals surface area contributed by atoms with Gasteiger partial charge in [0.25, 0.3) is 0 Å². The normalized spacial score (nSPS) is 12.3. The first-order chi connectivity index (χ1) is 38.5. The standard InChI is InChI=1S/C72H132O6/c1-4-7-10-13-16-19-22-24-26-28-30-31-32-33-34-35-36-37-38-39-40-41-43-44-46-48-50-53-56-59-62-65-71(74)77-68-69(67-76-70(73)64-61-58-55-52-21-18-15-12-9-6-3)78-72(75)66-63-60-57-54-51-49-47-45-42-29-27-25-23-20-17-14-11-8-5-2/h12,15,22,24,28,30,32-33,69H,4-11,13-14,16-21,23,25-27,29,31,34-68H2,1-3H3/b15-12-,24-22-,30-28-,33-32-. The van der Waals surface area contributed by atoms with Crippen LogP contribution in [0.3, 0.4) is 0 Å². The van der Waals surface area contributed by atoms with E-state index in [-0.39, 0.29) is 31.1 Å². The summed E-state index contributed by atoms with van der Waals surface area (Å²) in [5, 5.41) is 0. The van der Waals surface area contributed by atoms with Gasteiger partial charge < -0.3 is 14.2 Å². The third-order valence-corrected chi connectivity index (χ3v) is 15.5. The molecular weight excluding hydrogens is 961 g/mol. The Morgan fingerprint density at radius 3 is 0.782 bits per heavy atom. The summed E-state index contributed by atoms with van der Waals surface area (Å²) in [6.45, 7) is 6.62. The molecule has 0 radical (unpaired) electrons. The maximum atomic E-state index is 12.9. The van der Waals surface area contributed by atoms with Gasteiger partial charge in [-0.05, 0) is 77.0 Å². The van der Waals surface area contributed by atoms with Crippen LogP contribution in [0.2, 0.25) is 0 Å². The molecule has 0 saturated heterocycles. The molecule has 0 heterocycles. The Balaban J connectivity index is 4.11. The molecule has 0 saturated carbocycles. The van der Waals surface area contributed by atoms with Crippen LogP contribution in [-0.4, -0.2) is 37.2 Å². The summed E-state index contributed by atoms with van der Waals surface area (Å²) in [5.74, 6) is -0.858. The van der Waals surface area contributed by atoms with Gasteiger partial charge in [-0.2, -0.15) is 0 Å². The molecule has 0 spiro atoms. The van der Waals surface area contributed by atoms with Crippen molar-refractivity contribution in [1.82, 2.24) is 0 Å². The predicted octanol–water partition coefficient (Wildman–Crippen LogP) is 23.7. The Hall–Kier alpha value is -2.63. The van der Waals surface area contributed by atoms with Crippen molar-refractivity contribution in [2.45, 2.75) is 380 Å². The second kappa shape index (κ2) is 66.9. The fraction of sp³-hybridized carbons (Fsp3) is 0.847. The minimum Gasteiger partial charge on any atom is -0.462 e. The van der Waals surface area contributed by atoms with Gasteiger partial charge in [-0.15, -0.1) is 0 Å². The molecular formula is C72H132O6. The molecule has 1 atom stereocenters. The van der Waals surface area contributed by atoms with Crippen molar-refractivity contribution in [2.75, 3.05) is 13.2 Å². The van der Waals surface area contributed by atoms with Crippen molar-refractivity contribution < 1.29 is 28.6 Å². The summed E-state index contributed by atoms with van der Waals surface area (Å²) in [7, 11) is 0. The van der Waals surface area contributed by atoms with Gasteiger partial charge in [-0.3, -0.25) is 14.4 Å². The van der Waals surface area contributed by atoms with E-state index in [1.165, 1.54) is 250 Å². The zero-order valence-corrected chi connectivity index (χ0v) is 52.5. The number of unbranched alkanes of at least 4 members (excludes halogenated alkanes) is 45. The summed E-state index contributed by atoms with van der Waals surface area (Å²) < 4.78 is 16.9. The average Bonchev–Trinajstić information content (AvgIpc) is 3.44. The molecule has 456 valence electrons. The van der Waals surface area contributed by atoms with Crippen LogP contribution in [0.25, 0.3) is 0 Å². The summed E-state index contributed by atoms with van der Waals surface area (Å²) in [6, 6.07) is 0. The Bertz CT molecular complexity index is 1350. The van der Waals surface area contributed by atoms with Gasteiger partial charge in [0.05, 0.1) is 0 Å². The van der Waals surface area contributed by atoms with Gasteiger partial charge in [0.1, 0.15) is 13.2 Å². The maximum absolute atomic E-state index is 12.9. The van der Waals surface area contributed by atoms with E-state index in [4.69, 9.17) is 14.2 Å². The zero-order chi connectivity index (χ0) is 56.4. The molecule has 0 amide bonds. The first-order valence-electron chi connectivity index (χ1n) is 34.6. The number of hydrogen-bond donors (Lipinski definition) is 0. The van der Waals surface area contributed by atoms with Gasteiger partial charge in [0, 0.05) is 19.3 Å². The minimum atomic E-state index is -0.773. The van der Waals surface area contributed by atoms with Crippen molar-refractivity contribution in [2.24, 2.45) is 0 Å². The molecule has 1 unspecified atom stereocenters. The molecule has 6 nitrogen and oxygen atoms in total. The fourth-order valence-electron chi connectivity index (χ4n) is 10.3. The topological polar surface area (TPSA) is 78.9 Å². The van der Waals surface area contributed by atoms with Crippen LogP contribution in [0, 0.1) is 0 Å². The Labute approximate surface area is 486 Å². The smallest absolute Gasteiger partial charge is 0.306 e. The summed E-state index contributed by atoms with van der Waals surface area (Å²) in [5.41, 5.74) is 0. The van der Waals surface area contributed by atoms with E-state index in [9.17, 15) is 14.4 Å². The van der Waals surface area contributed by atoms with E-state index in [0.717, 1.165) is 83.5 Å². The van der Waals surface area contributed by atoms with E-state index in [2.05, 4.69) is 69.4 Å². The van der Waals surface area contributed by atoms with Crippen molar-refractivity contribution in [3.05, 3.63) is 48.6 Å². The Kier molecular flexibility index (Phi) is 64.6. The van der Waals surface area contributed by atoms with Crippen LogP contribution in [0.4, 0.5) is 0 Å². The second-order valence-corrected chi connectivity index (χ2v) is 23.4. The molecule has 0 fully saturated rings. The quantitative estimate of drug-likeness (QED) is 0.0261. The van der Waals surface area contributed by atoms with E-state index in [0.29, 0.717) is 19.3 Å². The lowest BCUT2D eigenvalue weighted by Crippen LogP contribution is -2.30. The molecule has 78 heavy (non-hydrogen) atoms. The first-order valence-corrected chi connectivity index (χ1v) is 34.6. The van der Waals surface area contributed by atoms with Gasteiger partial charge in [0.15, 0.2) is 6.10 Å². The lowest BCUT2D eigenvalue weighted by Gasteiger charge is -2.18. The number of hydrogen-bond acceptors (Lipinski definition) is 6. The molecule has 0 aliphatic heterocycles. The van der Waals surface area contributed by atoms with E-state index < -0.39 is 6.10 Å². The fourth-order valence-corrected chi connectivity index (χ4v) is 10.3. The van der Waals surface area contributed by atoms with E-state index >= 15 is 0 Å². The van der Waals surface area contributed by atoms with E-state index in [1.807, 2.05) is 0 Å². The van der Waals surface area contributed by atoms with Crippen molar-refractivity contribution in [3.63, 3.8) is 0 Å². The highest BCUT2D eigenvalue weighted by molar-refractivity contribution is 5.71. The van der Waals surface area contributed by atoms with Gasteiger partial charge >= 0.3 is 17.9 Å². The van der Waals surface area contributed by atoms with Crippen molar-refractivity contribution >= 4 is 17.9 Å². The third kappa shape index (κ3) is 64.2. The SMILES string of the molecule is CCC/C=C\CCCCCCCC(=O)OCC(COC(=O)CCCCCCCCCCCCCCCCCC/C=C\C/C=C\C/C=C\CCCCCCC)OC(=O)CCCCCCCCCCCCCCCCCCCCC. The molecule has 0 aliphatic rings. The van der Waals surface area contributed by atoms with Crippen molar-refractivity contribution in [3.8, 4) is 0 Å². The van der Waals surface area contributed by atoms with Crippen LogP contribution in [0.5, 0.6) is 0 Å². The van der Waals surface area contributed by atoms with Crippen LogP contribution in [0.1, 0.15) is 374 Å². The monoisotopic (exact) mass is 1090 g/mol. The van der Waals surface area contributed by atoms with Crippen molar-refractivity contribution in [1.29, 1.82) is 0 Å². The molecule has 0 rings (SSSR count). The number of carbonyl (C=O) groups excluding carboxylic acids is 3. The van der Waals surface area contributed by atoms with Crippen LogP contribution in [0.15, 0.2) is 48.6 Å². The number of allylic oxidation sites excluding steroid dienone is 8. The first kappa shape index (κ1) is 75.4. The second-order valence-electron chi connectivity index (χ2n) is 23.4. The zero-order valence-electron chi connectivity index (χ0n) is 52.5. The molecule has 0 aliphatic carbocycles. The van der Waals surface area contributed by atoms with Crippen LogP contribution < -0.4 is 0 Å². The summed E-state index contributed by atoms with van der Waals surface area (Å²) in [6.07, 6.45) is 84.4. The number of esters is 3. The number of ether oxygens (including phenoxy) is 3. The van der Waals surface area contributed by atoms with Crippen LogP contribution >= 0.6 is 0 Å². The van der Waals surface area contributed by atoms with Gasteiger partial charge in [-0.1, -0.05) is 326 Å². The van der Waals surface area contributed by atoms with Gasteiger partial charge in [-0.25, -0.2) is 0 Å². The van der Waals surface area contributed by atoms with Gasteiger partial charge in [0.2, 0.25) is 0 Å². The molecule has 6 heteroatoms. The highest BCUT2D eigenvalue weighted by atomic mass is 16.6. The van der Waals surface area contributed by atoms with Crippen LogP contribution in [-0.2, 0) is 28.6 Å². The molecule has 0 aromatic rings. The molecule has 0 N–H and O–H groups in total. The molecule has 0 aromatic heterocycles. The Morgan fingerprint density at radius 2 is 0.487 bits per heavy atom. The Morgan fingerprint density at radius 1 is 0.256 bits per heavy atom. The largest absolute Gasteiger partial charge is 0.462 e. The predicted molar refractivity (Wildman–Crippen MR) is 339 cm³/mol. The summed E-state index contributed by atoms with van der Waals surface area (Å²) >= 11 is 0. The molecule has 0 bridgehead atoms.